The van der Waals surface area contributed by atoms with Gasteiger partial charge in [0.1, 0.15) is 17.6 Å². The van der Waals surface area contributed by atoms with Crippen LogP contribution in [0.15, 0.2) is 30.5 Å². The van der Waals surface area contributed by atoms with E-state index in [-0.39, 0.29) is 60.7 Å². The second-order valence-electron chi connectivity index (χ2n) is 12.1. The van der Waals surface area contributed by atoms with E-state index in [9.17, 15) is 27.6 Å². The summed E-state index contributed by atoms with van der Waals surface area (Å²) in [5, 5.41) is 9.62. The van der Waals surface area contributed by atoms with E-state index in [0.717, 1.165) is 32.1 Å². The lowest BCUT2D eigenvalue weighted by molar-refractivity contribution is -0.136. The summed E-state index contributed by atoms with van der Waals surface area (Å²) in [6.45, 7) is 5.81. The monoisotopic (exact) mass is 645 g/mol. The number of Topliss-reactive ketones (excluding diaryl/α,β-unsaturated/α-hetero) is 1. The molecule has 1 saturated carbocycles. The highest BCUT2D eigenvalue weighted by atomic mass is 32.2. The zero-order chi connectivity index (χ0) is 32.7. The Bertz CT molecular complexity index is 1490. The van der Waals surface area contributed by atoms with Crippen LogP contribution in [0.4, 0.5) is 10.1 Å². The Morgan fingerprint density at radius 2 is 1.73 bits per heavy atom. The van der Waals surface area contributed by atoms with E-state index in [1.165, 1.54) is 17.0 Å². The number of aryl methyl sites for hydroxylation is 1. The number of aromatic nitrogens is 2. The van der Waals surface area contributed by atoms with Gasteiger partial charge >= 0.3 is 0 Å². The summed E-state index contributed by atoms with van der Waals surface area (Å²) in [4.78, 5) is 54.1. The summed E-state index contributed by atoms with van der Waals surface area (Å²) < 4.78 is 40.9. The summed E-state index contributed by atoms with van der Waals surface area (Å²) in [5.41, 5.74) is 0.835. The van der Waals surface area contributed by atoms with E-state index in [2.05, 4.69) is 15.7 Å². The van der Waals surface area contributed by atoms with Gasteiger partial charge in [0.25, 0.3) is 0 Å². The molecule has 2 N–H and O–H groups in total. The molecule has 0 radical (unpaired) electrons. The van der Waals surface area contributed by atoms with Crippen molar-refractivity contribution < 1.29 is 32.0 Å². The first kappa shape index (κ1) is 34.3. The number of hydrogen-bond donors (Lipinski definition) is 2. The molecule has 13 heteroatoms. The minimum Gasteiger partial charge on any atom is -0.344 e. The number of anilines is 1. The van der Waals surface area contributed by atoms with E-state index in [4.69, 9.17) is 0 Å². The Morgan fingerprint density at radius 1 is 1.04 bits per heavy atom. The maximum atomic E-state index is 15.6. The van der Waals surface area contributed by atoms with Gasteiger partial charge in [-0.25, -0.2) is 12.8 Å². The van der Waals surface area contributed by atoms with Crippen molar-refractivity contribution in [2.75, 3.05) is 29.9 Å². The molecule has 2 aliphatic rings. The number of nitrogens with one attached hydrogen (secondary N) is 2. The molecule has 2 fully saturated rings. The molecule has 1 saturated heterocycles. The maximum Gasteiger partial charge on any atom is 0.245 e. The van der Waals surface area contributed by atoms with Crippen LogP contribution in [0.25, 0.3) is 0 Å². The fourth-order valence-electron chi connectivity index (χ4n) is 6.28. The average Bonchev–Trinajstić information content (AvgIpc) is 3.52. The van der Waals surface area contributed by atoms with Crippen LogP contribution < -0.4 is 10.6 Å². The number of halogens is 1. The molecule has 45 heavy (non-hydrogen) atoms. The Kier molecular flexibility index (Phi) is 11.5. The number of amides is 3. The number of ketones is 1. The molecule has 1 aliphatic heterocycles. The zero-order valence-corrected chi connectivity index (χ0v) is 27.1. The lowest BCUT2D eigenvalue weighted by Crippen LogP contribution is -2.54. The van der Waals surface area contributed by atoms with E-state index in [1.54, 1.807) is 36.9 Å². The lowest BCUT2D eigenvalue weighted by atomic mass is 9.77. The Labute approximate surface area is 264 Å². The van der Waals surface area contributed by atoms with Gasteiger partial charge in [0, 0.05) is 50.5 Å². The van der Waals surface area contributed by atoms with Gasteiger partial charge < -0.3 is 15.5 Å². The van der Waals surface area contributed by atoms with E-state index < -0.39 is 45.3 Å². The molecule has 11 nitrogen and oxygen atoms in total. The normalized spacial score (nSPS) is 18.9. The first-order valence-electron chi connectivity index (χ1n) is 15.9. The van der Waals surface area contributed by atoms with Gasteiger partial charge in [-0.05, 0) is 49.4 Å². The molecule has 1 aromatic carbocycles. The number of nitrogens with zero attached hydrogens (tertiary/aromatic N) is 3. The van der Waals surface area contributed by atoms with Crippen molar-refractivity contribution in [2.24, 2.45) is 11.8 Å². The van der Waals surface area contributed by atoms with Crippen LogP contribution in [-0.4, -0.2) is 77.2 Å². The summed E-state index contributed by atoms with van der Waals surface area (Å²) in [6.07, 6.45) is 6.35. The van der Waals surface area contributed by atoms with Gasteiger partial charge in [-0.3, -0.25) is 23.9 Å². The molecule has 1 aliphatic carbocycles. The smallest absolute Gasteiger partial charge is 0.245 e. The highest BCUT2D eigenvalue weighted by Gasteiger charge is 2.36. The second kappa shape index (κ2) is 15.1. The van der Waals surface area contributed by atoms with Crippen LogP contribution in [0.3, 0.4) is 0 Å². The van der Waals surface area contributed by atoms with Crippen molar-refractivity contribution in [1.82, 2.24) is 20.0 Å². The fourth-order valence-corrected chi connectivity index (χ4v) is 7.48. The average molecular weight is 646 g/mol. The van der Waals surface area contributed by atoms with Crippen LogP contribution in [0.5, 0.6) is 0 Å². The number of hydrogen-bond acceptors (Lipinski definition) is 7. The summed E-state index contributed by atoms with van der Waals surface area (Å²) in [6, 6.07) is 4.89. The van der Waals surface area contributed by atoms with Crippen molar-refractivity contribution in [3.05, 3.63) is 47.5 Å². The third-order valence-corrected chi connectivity index (χ3v) is 10.7. The maximum absolute atomic E-state index is 15.6. The molecule has 3 atom stereocenters. The molecule has 2 heterocycles. The Morgan fingerprint density at radius 3 is 2.36 bits per heavy atom. The molecule has 4 rings (SSSR count). The first-order valence-corrected chi connectivity index (χ1v) is 17.7. The number of carbonyl (C=O) groups is 4. The van der Waals surface area contributed by atoms with E-state index in [0.29, 0.717) is 17.8 Å². The highest BCUT2D eigenvalue weighted by Crippen LogP contribution is 2.34. The minimum absolute atomic E-state index is 0.00165. The van der Waals surface area contributed by atoms with Crippen LogP contribution in [-0.2, 0) is 30.8 Å². The SMILES string of the molecule is CCC(=O)N[C@@H](C(=O)N1CCS(=O)(=O)CC1)[C@@H](C)c1ccc(NC(=O)[C@@H](CC(=O)c2ccnn2CC)C2CCCCC2)c(F)c1. The molecule has 3 amide bonds. The second-order valence-corrected chi connectivity index (χ2v) is 14.4. The highest BCUT2D eigenvalue weighted by molar-refractivity contribution is 7.91. The van der Waals surface area contributed by atoms with Gasteiger partial charge in [0.05, 0.1) is 17.2 Å². The van der Waals surface area contributed by atoms with Gasteiger partial charge in [-0.2, -0.15) is 5.10 Å². The third kappa shape index (κ3) is 8.56. The number of rotatable bonds is 12. The molecule has 246 valence electrons. The summed E-state index contributed by atoms with van der Waals surface area (Å²) in [7, 11) is -3.22. The van der Waals surface area contributed by atoms with Crippen molar-refractivity contribution >= 4 is 39.0 Å². The summed E-state index contributed by atoms with van der Waals surface area (Å²) >= 11 is 0. The molecular formula is C32H44FN5O6S. The third-order valence-electron chi connectivity index (χ3n) is 9.10. The van der Waals surface area contributed by atoms with Gasteiger partial charge in [-0.15, -0.1) is 0 Å². The Balaban J connectivity index is 1.51. The quantitative estimate of drug-likeness (QED) is 0.335. The zero-order valence-electron chi connectivity index (χ0n) is 26.3. The van der Waals surface area contributed by atoms with Gasteiger partial charge in [0.15, 0.2) is 15.6 Å². The summed E-state index contributed by atoms with van der Waals surface area (Å²) in [5.74, 6) is -3.68. The number of sulfone groups is 1. The molecule has 0 unspecified atom stereocenters. The lowest BCUT2D eigenvalue weighted by Gasteiger charge is -2.33. The predicted octanol–water partition coefficient (Wildman–Crippen LogP) is 3.71. The standard InChI is InChI=1S/C32H44FN5O6S/c1-4-29(40)36-30(32(42)37-15-17-45(43,44)18-16-37)21(3)23-11-12-26(25(33)19-23)35-31(41)24(22-9-7-6-8-10-22)20-28(39)27-13-14-34-38(27)5-2/h11-14,19,21-22,24,30H,4-10,15-18,20H2,1-3H3,(H,35,41)(H,36,40)/t21-,24-,30+/m0/s1. The number of carbonyl (C=O) groups excluding carboxylic acids is 4. The molecular weight excluding hydrogens is 601 g/mol. The molecule has 0 bridgehead atoms. The van der Waals surface area contributed by atoms with Crippen LogP contribution in [0, 0.1) is 17.7 Å². The molecule has 0 spiro atoms. The van der Waals surface area contributed by atoms with Crippen LogP contribution >= 0.6 is 0 Å². The molecule has 1 aromatic heterocycles. The van der Waals surface area contributed by atoms with Crippen molar-refractivity contribution in [3.8, 4) is 0 Å². The minimum atomic E-state index is -3.22. The molecule has 2 aromatic rings. The van der Waals surface area contributed by atoms with Crippen LogP contribution in [0.2, 0.25) is 0 Å². The predicted molar refractivity (Wildman–Crippen MR) is 168 cm³/mol. The van der Waals surface area contributed by atoms with Gasteiger partial charge in [-0.1, -0.05) is 39.2 Å². The fraction of sp³-hybridized carbons (Fsp3) is 0.594. The first-order chi connectivity index (χ1) is 21.4. The Hall–Kier alpha value is -3.61. The van der Waals surface area contributed by atoms with Gasteiger partial charge in [0.2, 0.25) is 17.7 Å². The van der Waals surface area contributed by atoms with E-state index >= 15 is 4.39 Å². The van der Waals surface area contributed by atoms with Crippen molar-refractivity contribution in [2.45, 2.75) is 84.2 Å². The number of benzene rings is 1. The van der Waals surface area contributed by atoms with Crippen molar-refractivity contribution in [1.29, 1.82) is 0 Å². The topological polar surface area (TPSA) is 148 Å². The van der Waals surface area contributed by atoms with Crippen LogP contribution in [0.1, 0.15) is 87.7 Å². The van der Waals surface area contributed by atoms with Crippen molar-refractivity contribution in [3.63, 3.8) is 0 Å². The largest absolute Gasteiger partial charge is 0.344 e. The van der Waals surface area contributed by atoms with E-state index in [1.807, 2.05) is 6.92 Å².